The molecule has 0 unspecified atom stereocenters. The zero-order valence-electron chi connectivity index (χ0n) is 9.92. The zero-order valence-corrected chi connectivity index (χ0v) is 11.5. The maximum absolute atomic E-state index is 5.74. The highest BCUT2D eigenvalue weighted by Gasteiger charge is 2.02. The molecule has 1 aromatic heterocycles. The number of hydrogen-bond acceptors (Lipinski definition) is 3. The maximum Gasteiger partial charge on any atom is 0.166 e. The molecule has 1 heterocycles. The van der Waals surface area contributed by atoms with E-state index in [9.17, 15) is 0 Å². The van der Waals surface area contributed by atoms with Gasteiger partial charge in [0.2, 0.25) is 0 Å². The lowest BCUT2D eigenvalue weighted by Crippen LogP contribution is -1.83. The van der Waals surface area contributed by atoms with Crippen LogP contribution in [0.4, 0.5) is 0 Å². The summed E-state index contributed by atoms with van der Waals surface area (Å²) in [4.78, 5) is 0. The molecule has 0 fully saturated rings. The minimum Gasteiger partial charge on any atom is -0.457 e. The van der Waals surface area contributed by atoms with Gasteiger partial charge >= 0.3 is 0 Å². The van der Waals surface area contributed by atoms with Gasteiger partial charge < -0.3 is 9.26 Å². The predicted octanol–water partition coefficient (Wildman–Crippen LogP) is 4.90. The molecule has 0 amide bonds. The molecular formula is C15H10BrNO2. The third kappa shape index (κ3) is 2.85. The number of halogens is 1. The van der Waals surface area contributed by atoms with Crippen LogP contribution in [0.5, 0.6) is 11.5 Å². The summed E-state index contributed by atoms with van der Waals surface area (Å²) in [5.74, 6) is 2.33. The van der Waals surface area contributed by atoms with Crippen LogP contribution in [0.25, 0.3) is 11.3 Å². The van der Waals surface area contributed by atoms with E-state index < -0.39 is 0 Å². The van der Waals surface area contributed by atoms with Gasteiger partial charge in [-0.15, -0.1) is 0 Å². The maximum atomic E-state index is 5.74. The molecule has 0 saturated heterocycles. The summed E-state index contributed by atoms with van der Waals surface area (Å²) in [6.45, 7) is 0. The first-order chi connectivity index (χ1) is 9.31. The second-order valence-electron chi connectivity index (χ2n) is 3.96. The summed E-state index contributed by atoms with van der Waals surface area (Å²) in [5.41, 5.74) is 0.973. The molecule has 0 spiro atoms. The van der Waals surface area contributed by atoms with Gasteiger partial charge in [0.25, 0.3) is 0 Å². The molecule has 3 rings (SSSR count). The summed E-state index contributed by atoms with van der Waals surface area (Å²) in [6.07, 6.45) is 1.63. The second-order valence-corrected chi connectivity index (χ2v) is 4.87. The van der Waals surface area contributed by atoms with Gasteiger partial charge in [-0.25, -0.2) is 0 Å². The van der Waals surface area contributed by atoms with Gasteiger partial charge in [-0.2, -0.15) is 0 Å². The van der Waals surface area contributed by atoms with Crippen molar-refractivity contribution in [2.75, 3.05) is 0 Å². The van der Waals surface area contributed by atoms with Gasteiger partial charge in [0, 0.05) is 16.1 Å². The average Bonchev–Trinajstić information content (AvgIpc) is 2.96. The Bertz CT molecular complexity index is 646. The molecule has 0 aliphatic heterocycles. The SMILES string of the molecule is Brc1ccc(Oc2ccc(-c3ccno3)cc2)cc1. The monoisotopic (exact) mass is 315 g/mol. The highest BCUT2D eigenvalue weighted by molar-refractivity contribution is 9.10. The first-order valence-corrected chi connectivity index (χ1v) is 6.55. The van der Waals surface area contributed by atoms with Crippen molar-refractivity contribution in [2.24, 2.45) is 0 Å². The summed E-state index contributed by atoms with van der Waals surface area (Å²) in [5, 5.41) is 3.69. The molecule has 4 heteroatoms. The lowest BCUT2D eigenvalue weighted by atomic mass is 10.2. The Morgan fingerprint density at radius 2 is 1.47 bits per heavy atom. The summed E-state index contributed by atoms with van der Waals surface area (Å²) < 4.78 is 11.9. The van der Waals surface area contributed by atoms with Crippen LogP contribution in [-0.4, -0.2) is 5.16 Å². The Hall–Kier alpha value is -2.07. The van der Waals surface area contributed by atoms with Gasteiger partial charge in [0.05, 0.1) is 6.20 Å². The van der Waals surface area contributed by atoms with E-state index in [2.05, 4.69) is 21.1 Å². The van der Waals surface area contributed by atoms with Gasteiger partial charge in [-0.3, -0.25) is 0 Å². The van der Waals surface area contributed by atoms with E-state index >= 15 is 0 Å². The molecule has 0 atom stereocenters. The van der Waals surface area contributed by atoms with Crippen molar-refractivity contribution >= 4 is 15.9 Å². The van der Waals surface area contributed by atoms with Crippen LogP contribution >= 0.6 is 15.9 Å². The first-order valence-electron chi connectivity index (χ1n) is 5.76. The normalized spacial score (nSPS) is 10.4. The Morgan fingerprint density at radius 3 is 2.05 bits per heavy atom. The molecule has 19 heavy (non-hydrogen) atoms. The molecular weight excluding hydrogens is 306 g/mol. The van der Waals surface area contributed by atoms with Crippen LogP contribution in [-0.2, 0) is 0 Å². The molecule has 94 valence electrons. The average molecular weight is 316 g/mol. The van der Waals surface area contributed by atoms with Gasteiger partial charge in [0.15, 0.2) is 5.76 Å². The number of ether oxygens (including phenoxy) is 1. The fourth-order valence-corrected chi connectivity index (χ4v) is 1.95. The molecule has 0 bridgehead atoms. The van der Waals surface area contributed by atoms with Crippen LogP contribution in [0.2, 0.25) is 0 Å². The van der Waals surface area contributed by atoms with Gasteiger partial charge in [0.1, 0.15) is 11.5 Å². The quantitative estimate of drug-likeness (QED) is 0.689. The number of hydrogen-bond donors (Lipinski definition) is 0. The largest absolute Gasteiger partial charge is 0.457 e. The van der Waals surface area contributed by atoms with E-state index in [0.717, 1.165) is 27.3 Å². The lowest BCUT2D eigenvalue weighted by molar-refractivity contribution is 0.432. The lowest BCUT2D eigenvalue weighted by Gasteiger charge is -2.06. The van der Waals surface area contributed by atoms with Crippen LogP contribution in [0.1, 0.15) is 0 Å². The number of aromatic nitrogens is 1. The number of benzene rings is 2. The highest BCUT2D eigenvalue weighted by Crippen LogP contribution is 2.26. The van der Waals surface area contributed by atoms with E-state index in [-0.39, 0.29) is 0 Å². The van der Waals surface area contributed by atoms with Crippen molar-refractivity contribution in [3.8, 4) is 22.8 Å². The van der Waals surface area contributed by atoms with Crippen molar-refractivity contribution in [3.63, 3.8) is 0 Å². The van der Waals surface area contributed by atoms with Crippen LogP contribution < -0.4 is 4.74 Å². The smallest absolute Gasteiger partial charge is 0.166 e. The van der Waals surface area contributed by atoms with Crippen molar-refractivity contribution < 1.29 is 9.26 Å². The molecule has 0 radical (unpaired) electrons. The number of rotatable bonds is 3. The fourth-order valence-electron chi connectivity index (χ4n) is 1.69. The van der Waals surface area contributed by atoms with Crippen molar-refractivity contribution in [2.45, 2.75) is 0 Å². The summed E-state index contributed by atoms with van der Waals surface area (Å²) in [6, 6.07) is 17.2. The molecule has 0 N–H and O–H groups in total. The Labute approximate surface area is 118 Å². The summed E-state index contributed by atoms with van der Waals surface area (Å²) in [7, 11) is 0. The molecule has 3 aromatic rings. The predicted molar refractivity (Wildman–Crippen MR) is 76.2 cm³/mol. The standard InChI is InChI=1S/C15H10BrNO2/c16-12-3-7-14(8-4-12)18-13-5-1-11(2-6-13)15-9-10-17-19-15/h1-10H. The van der Waals surface area contributed by atoms with E-state index in [1.807, 2.05) is 54.6 Å². The van der Waals surface area contributed by atoms with Gasteiger partial charge in [-0.05, 0) is 48.5 Å². The molecule has 0 saturated carbocycles. The van der Waals surface area contributed by atoms with Crippen molar-refractivity contribution in [1.82, 2.24) is 5.16 Å². The van der Waals surface area contributed by atoms with E-state index in [1.165, 1.54) is 0 Å². The topological polar surface area (TPSA) is 35.3 Å². The Morgan fingerprint density at radius 1 is 0.842 bits per heavy atom. The van der Waals surface area contributed by atoms with Crippen LogP contribution in [0.15, 0.2) is 69.8 Å². The van der Waals surface area contributed by atoms with Crippen molar-refractivity contribution in [1.29, 1.82) is 0 Å². The molecule has 3 nitrogen and oxygen atoms in total. The third-order valence-electron chi connectivity index (χ3n) is 2.63. The minimum absolute atomic E-state index is 0.746. The molecule has 2 aromatic carbocycles. The molecule has 0 aliphatic carbocycles. The Balaban J connectivity index is 1.77. The summed E-state index contributed by atoms with van der Waals surface area (Å²) >= 11 is 3.39. The van der Waals surface area contributed by atoms with E-state index in [0.29, 0.717) is 0 Å². The Kier molecular flexibility index (Phi) is 3.33. The van der Waals surface area contributed by atoms with Crippen LogP contribution in [0, 0.1) is 0 Å². The van der Waals surface area contributed by atoms with Crippen LogP contribution in [0.3, 0.4) is 0 Å². The first kappa shape index (κ1) is 12.0. The highest BCUT2D eigenvalue weighted by atomic mass is 79.9. The number of nitrogens with zero attached hydrogens (tertiary/aromatic N) is 1. The van der Waals surface area contributed by atoms with Gasteiger partial charge in [-0.1, -0.05) is 21.1 Å². The van der Waals surface area contributed by atoms with Crippen molar-refractivity contribution in [3.05, 3.63) is 65.3 Å². The third-order valence-corrected chi connectivity index (χ3v) is 3.15. The zero-order chi connectivity index (χ0) is 13.1. The van der Waals surface area contributed by atoms with E-state index in [4.69, 9.17) is 9.26 Å². The minimum atomic E-state index is 0.746. The fraction of sp³-hybridized carbons (Fsp3) is 0. The molecule has 0 aliphatic rings. The van der Waals surface area contributed by atoms with E-state index in [1.54, 1.807) is 6.20 Å². The second kappa shape index (κ2) is 5.28.